The summed E-state index contributed by atoms with van der Waals surface area (Å²) in [7, 11) is 1.61. The van der Waals surface area contributed by atoms with Crippen LogP contribution in [0.1, 0.15) is 17.0 Å². The van der Waals surface area contributed by atoms with E-state index in [2.05, 4.69) is 6.07 Å². The SMILES string of the molecule is COc1ccc(C(C#N)Cc2c(Cl)cccc2Cl)cc1. The van der Waals surface area contributed by atoms with Crippen molar-refractivity contribution in [1.82, 2.24) is 0 Å². The number of nitrogens with zero attached hydrogens (tertiary/aromatic N) is 1. The summed E-state index contributed by atoms with van der Waals surface area (Å²) in [4.78, 5) is 0. The number of halogens is 2. The van der Waals surface area contributed by atoms with Crippen molar-refractivity contribution in [2.45, 2.75) is 12.3 Å². The Balaban J connectivity index is 2.27. The second kappa shape index (κ2) is 6.65. The highest BCUT2D eigenvalue weighted by Gasteiger charge is 2.15. The lowest BCUT2D eigenvalue weighted by Crippen LogP contribution is -2.02. The van der Waals surface area contributed by atoms with Crippen LogP contribution in [-0.2, 0) is 6.42 Å². The maximum atomic E-state index is 9.38. The number of methoxy groups -OCH3 is 1. The topological polar surface area (TPSA) is 33.0 Å². The van der Waals surface area contributed by atoms with E-state index in [0.29, 0.717) is 16.5 Å². The van der Waals surface area contributed by atoms with E-state index < -0.39 is 0 Å². The van der Waals surface area contributed by atoms with Gasteiger partial charge in [0, 0.05) is 10.0 Å². The molecule has 0 bridgehead atoms. The molecule has 2 nitrogen and oxygen atoms in total. The number of ether oxygens (including phenoxy) is 1. The molecular formula is C16H13Cl2NO. The first-order valence-electron chi connectivity index (χ1n) is 6.12. The molecule has 0 heterocycles. The average molecular weight is 306 g/mol. The third kappa shape index (κ3) is 3.25. The molecule has 2 rings (SSSR count). The van der Waals surface area contributed by atoms with Gasteiger partial charge in [-0.1, -0.05) is 41.4 Å². The van der Waals surface area contributed by atoms with E-state index in [1.165, 1.54) is 0 Å². The summed E-state index contributed by atoms with van der Waals surface area (Å²) in [5, 5.41) is 10.6. The van der Waals surface area contributed by atoms with Crippen molar-refractivity contribution in [1.29, 1.82) is 5.26 Å². The Labute approximate surface area is 128 Å². The van der Waals surface area contributed by atoms with E-state index in [-0.39, 0.29) is 5.92 Å². The fourth-order valence-electron chi connectivity index (χ4n) is 2.01. The van der Waals surface area contributed by atoms with E-state index >= 15 is 0 Å². The van der Waals surface area contributed by atoms with Crippen molar-refractivity contribution in [2.75, 3.05) is 7.11 Å². The van der Waals surface area contributed by atoms with Crippen molar-refractivity contribution < 1.29 is 4.74 Å². The zero-order valence-corrected chi connectivity index (χ0v) is 12.4. The number of nitriles is 1. The summed E-state index contributed by atoms with van der Waals surface area (Å²) in [5.41, 5.74) is 1.72. The summed E-state index contributed by atoms with van der Waals surface area (Å²) < 4.78 is 5.11. The van der Waals surface area contributed by atoms with Gasteiger partial charge in [-0.15, -0.1) is 0 Å². The molecule has 2 aromatic carbocycles. The monoisotopic (exact) mass is 305 g/mol. The minimum atomic E-state index is -0.293. The molecule has 2 aromatic rings. The highest BCUT2D eigenvalue weighted by Crippen LogP contribution is 2.30. The summed E-state index contributed by atoms with van der Waals surface area (Å²) in [5.74, 6) is 0.472. The van der Waals surface area contributed by atoms with Crippen LogP contribution in [0.3, 0.4) is 0 Å². The van der Waals surface area contributed by atoms with Gasteiger partial charge in [0.05, 0.1) is 19.1 Å². The van der Waals surface area contributed by atoms with Gasteiger partial charge in [0.15, 0.2) is 0 Å². The van der Waals surface area contributed by atoms with Crippen molar-refractivity contribution in [3.8, 4) is 11.8 Å². The summed E-state index contributed by atoms with van der Waals surface area (Å²) in [6.45, 7) is 0. The minimum Gasteiger partial charge on any atom is -0.497 e. The van der Waals surface area contributed by atoms with Crippen LogP contribution >= 0.6 is 23.2 Å². The predicted octanol–water partition coefficient (Wildman–Crippen LogP) is 4.85. The zero-order valence-electron chi connectivity index (χ0n) is 10.9. The van der Waals surface area contributed by atoms with Gasteiger partial charge in [-0.05, 0) is 41.8 Å². The molecule has 0 saturated heterocycles. The van der Waals surface area contributed by atoms with E-state index in [1.54, 1.807) is 25.3 Å². The molecule has 1 unspecified atom stereocenters. The van der Waals surface area contributed by atoms with Crippen LogP contribution in [0.15, 0.2) is 42.5 Å². The maximum absolute atomic E-state index is 9.38. The molecule has 0 aromatic heterocycles. The molecule has 0 fully saturated rings. The van der Waals surface area contributed by atoms with Gasteiger partial charge in [-0.3, -0.25) is 0 Å². The van der Waals surface area contributed by atoms with Crippen LogP contribution in [0.4, 0.5) is 0 Å². The van der Waals surface area contributed by atoms with Crippen molar-refractivity contribution >= 4 is 23.2 Å². The zero-order chi connectivity index (χ0) is 14.5. The quantitative estimate of drug-likeness (QED) is 0.808. The third-order valence-electron chi connectivity index (χ3n) is 3.14. The molecule has 20 heavy (non-hydrogen) atoms. The summed E-state index contributed by atoms with van der Waals surface area (Å²) >= 11 is 12.3. The standard InChI is InChI=1S/C16H13Cl2NO/c1-20-13-7-5-11(6-8-13)12(10-19)9-14-15(17)3-2-4-16(14)18/h2-8,12H,9H2,1H3. The first kappa shape index (κ1) is 14.7. The van der Waals surface area contributed by atoms with Gasteiger partial charge in [0.1, 0.15) is 5.75 Å². The van der Waals surface area contributed by atoms with Crippen molar-refractivity contribution in [2.24, 2.45) is 0 Å². The molecule has 0 amide bonds. The minimum absolute atomic E-state index is 0.293. The van der Waals surface area contributed by atoms with Gasteiger partial charge >= 0.3 is 0 Å². The van der Waals surface area contributed by atoms with E-state index in [0.717, 1.165) is 16.9 Å². The maximum Gasteiger partial charge on any atom is 0.118 e. The number of rotatable bonds is 4. The van der Waals surface area contributed by atoms with Crippen molar-refractivity contribution in [3.63, 3.8) is 0 Å². The van der Waals surface area contributed by atoms with Crippen LogP contribution < -0.4 is 4.74 Å². The normalized spacial score (nSPS) is 11.7. The lowest BCUT2D eigenvalue weighted by Gasteiger charge is -2.12. The Hall–Kier alpha value is -1.69. The Morgan fingerprint density at radius 3 is 2.20 bits per heavy atom. The highest BCUT2D eigenvalue weighted by atomic mass is 35.5. The number of hydrogen-bond donors (Lipinski definition) is 0. The first-order chi connectivity index (χ1) is 9.65. The van der Waals surface area contributed by atoms with E-state index in [9.17, 15) is 5.26 Å². The Morgan fingerprint density at radius 2 is 1.70 bits per heavy atom. The second-order valence-corrected chi connectivity index (χ2v) is 5.17. The molecule has 102 valence electrons. The second-order valence-electron chi connectivity index (χ2n) is 4.36. The molecule has 0 radical (unpaired) electrons. The van der Waals surface area contributed by atoms with Gasteiger partial charge in [0.2, 0.25) is 0 Å². The predicted molar refractivity (Wildman–Crippen MR) is 81.5 cm³/mol. The van der Waals surface area contributed by atoms with Crippen LogP contribution in [-0.4, -0.2) is 7.11 Å². The van der Waals surface area contributed by atoms with E-state index in [1.807, 2.05) is 24.3 Å². The fourth-order valence-corrected chi connectivity index (χ4v) is 2.56. The third-order valence-corrected chi connectivity index (χ3v) is 3.85. The molecule has 0 aliphatic rings. The molecule has 1 atom stereocenters. The Kier molecular flexibility index (Phi) is 4.89. The van der Waals surface area contributed by atoms with Gasteiger partial charge in [-0.2, -0.15) is 5.26 Å². The molecule has 0 aliphatic carbocycles. The van der Waals surface area contributed by atoms with Gasteiger partial charge in [-0.25, -0.2) is 0 Å². The number of hydrogen-bond acceptors (Lipinski definition) is 2. The summed E-state index contributed by atoms with van der Waals surface area (Å²) in [6, 6.07) is 15.1. The van der Waals surface area contributed by atoms with Gasteiger partial charge < -0.3 is 4.74 Å². The number of benzene rings is 2. The Morgan fingerprint density at radius 1 is 1.10 bits per heavy atom. The smallest absolute Gasteiger partial charge is 0.118 e. The Bertz CT molecular complexity index is 612. The highest BCUT2D eigenvalue weighted by molar-refractivity contribution is 6.36. The summed E-state index contributed by atoms with van der Waals surface area (Å²) in [6.07, 6.45) is 0.487. The van der Waals surface area contributed by atoms with Crippen LogP contribution in [0, 0.1) is 11.3 Å². The largest absolute Gasteiger partial charge is 0.497 e. The molecule has 4 heteroatoms. The van der Waals surface area contributed by atoms with Gasteiger partial charge in [0.25, 0.3) is 0 Å². The van der Waals surface area contributed by atoms with Crippen molar-refractivity contribution in [3.05, 3.63) is 63.6 Å². The average Bonchev–Trinajstić information content (AvgIpc) is 2.47. The lowest BCUT2D eigenvalue weighted by molar-refractivity contribution is 0.414. The first-order valence-corrected chi connectivity index (χ1v) is 6.87. The molecule has 0 spiro atoms. The van der Waals surface area contributed by atoms with Crippen LogP contribution in [0.5, 0.6) is 5.75 Å². The van der Waals surface area contributed by atoms with E-state index in [4.69, 9.17) is 27.9 Å². The molecule has 0 aliphatic heterocycles. The molecule has 0 N–H and O–H groups in total. The fraction of sp³-hybridized carbons (Fsp3) is 0.188. The van der Waals surface area contributed by atoms with Crippen LogP contribution in [0.2, 0.25) is 10.0 Å². The molecule has 0 saturated carbocycles. The lowest BCUT2D eigenvalue weighted by atomic mass is 9.93. The van der Waals surface area contributed by atoms with Crippen LogP contribution in [0.25, 0.3) is 0 Å². The molecular weight excluding hydrogens is 293 g/mol.